The maximum absolute atomic E-state index is 12.4. The zero-order valence-electron chi connectivity index (χ0n) is 11.9. The van der Waals surface area contributed by atoms with Crippen LogP contribution in [-0.4, -0.2) is 13.9 Å². The number of aryl methyl sites for hydroxylation is 1. The molecule has 10 heteroatoms. The van der Waals surface area contributed by atoms with E-state index in [1.165, 1.54) is 6.07 Å². The minimum absolute atomic E-state index is 0.0718. The smallest absolute Gasteiger partial charge is 0.422 e. The summed E-state index contributed by atoms with van der Waals surface area (Å²) in [5.74, 6) is -0.750. The number of halogens is 4. The second-order valence-electron chi connectivity index (χ2n) is 5.32. The van der Waals surface area contributed by atoms with E-state index in [1.807, 2.05) is 0 Å². The zero-order chi connectivity index (χ0) is 17.7. The van der Waals surface area contributed by atoms with Crippen LogP contribution < -0.4 is 9.81 Å². The van der Waals surface area contributed by atoms with E-state index in [4.69, 9.17) is 16.0 Å². The molecule has 130 valence electrons. The number of hydrogen-bond donors (Lipinski definition) is 0. The van der Waals surface area contributed by atoms with Crippen molar-refractivity contribution in [3.8, 4) is 5.75 Å². The molecule has 0 amide bonds. The summed E-state index contributed by atoms with van der Waals surface area (Å²) in [5.41, 5.74) is -5.02. The van der Waals surface area contributed by atoms with Gasteiger partial charge in [0.25, 0.3) is 0 Å². The van der Waals surface area contributed by atoms with Crippen molar-refractivity contribution in [1.82, 2.24) is 0 Å². The van der Waals surface area contributed by atoms with Gasteiger partial charge in [-0.1, -0.05) is 11.6 Å². The van der Waals surface area contributed by atoms with Gasteiger partial charge in [0.2, 0.25) is 0 Å². The Morgan fingerprint density at radius 2 is 1.75 bits per heavy atom. The van der Waals surface area contributed by atoms with Crippen molar-refractivity contribution in [2.45, 2.75) is 31.2 Å². The fraction of sp³-hybridized carbons (Fsp3) is 0.357. The van der Waals surface area contributed by atoms with Crippen molar-refractivity contribution in [3.05, 3.63) is 38.7 Å². The van der Waals surface area contributed by atoms with Gasteiger partial charge in [-0.15, -0.1) is 0 Å². The molecule has 0 saturated heterocycles. The first-order chi connectivity index (χ1) is 11.1. The molecule has 1 heterocycles. The van der Waals surface area contributed by atoms with Crippen LogP contribution in [0.3, 0.4) is 0 Å². The van der Waals surface area contributed by atoms with E-state index in [-0.39, 0.29) is 10.6 Å². The number of benzene rings is 1. The molecule has 0 unspecified atom stereocenters. The first-order valence-corrected chi connectivity index (χ1v) is 8.67. The third-order valence-electron chi connectivity index (χ3n) is 3.76. The van der Waals surface area contributed by atoms with Crippen LogP contribution in [0, 0.1) is 0 Å². The van der Waals surface area contributed by atoms with Gasteiger partial charge >= 0.3 is 21.3 Å². The Kier molecular flexibility index (Phi) is 4.03. The first-order valence-electron chi connectivity index (χ1n) is 6.89. The molecule has 0 radical (unpaired) electrons. The van der Waals surface area contributed by atoms with Crippen LogP contribution in [0.1, 0.15) is 24.0 Å². The number of hydrogen-bond acceptors (Lipinski definition) is 5. The van der Waals surface area contributed by atoms with E-state index in [9.17, 15) is 26.4 Å². The lowest BCUT2D eigenvalue weighted by molar-refractivity contribution is -0.0500. The summed E-state index contributed by atoms with van der Waals surface area (Å²) in [6.45, 7) is 0. The largest absolute Gasteiger partial charge is 0.534 e. The summed E-state index contributed by atoms with van der Waals surface area (Å²) >= 11 is 5.87. The summed E-state index contributed by atoms with van der Waals surface area (Å²) in [5, 5.41) is 0.142. The number of fused-ring (bicyclic) bond motifs is 3. The predicted octanol–water partition coefficient (Wildman–Crippen LogP) is 3.55. The molecule has 1 aliphatic rings. The van der Waals surface area contributed by atoms with Gasteiger partial charge < -0.3 is 8.60 Å². The Bertz CT molecular complexity index is 979. The molecule has 0 aliphatic heterocycles. The van der Waals surface area contributed by atoms with Crippen LogP contribution in [0.5, 0.6) is 5.75 Å². The van der Waals surface area contributed by atoms with Crippen LogP contribution in [-0.2, 0) is 23.0 Å². The average molecular weight is 383 g/mol. The molecule has 24 heavy (non-hydrogen) atoms. The van der Waals surface area contributed by atoms with Gasteiger partial charge in [0.15, 0.2) is 5.75 Å². The Hall–Kier alpha value is -1.74. The molecular weight excluding hydrogens is 373 g/mol. The standard InChI is InChI=1S/C14H10ClF3O5S/c15-10-5-9-7-3-1-2-4-8(7)13(19)22-11(9)6-12(10)23-24(20,21)14(16,17)18/h5-6H,1-4H2. The minimum atomic E-state index is -5.87. The van der Waals surface area contributed by atoms with Crippen molar-refractivity contribution in [2.24, 2.45) is 0 Å². The van der Waals surface area contributed by atoms with Gasteiger partial charge in [-0.3, -0.25) is 0 Å². The molecule has 1 aliphatic carbocycles. The average Bonchev–Trinajstić information content (AvgIpc) is 2.48. The Labute approximate surface area is 139 Å². The van der Waals surface area contributed by atoms with Crippen molar-refractivity contribution in [3.63, 3.8) is 0 Å². The van der Waals surface area contributed by atoms with Crippen molar-refractivity contribution < 1.29 is 30.2 Å². The highest BCUT2D eigenvalue weighted by Crippen LogP contribution is 2.36. The molecule has 1 aromatic heterocycles. The van der Waals surface area contributed by atoms with E-state index in [2.05, 4.69) is 4.18 Å². The van der Waals surface area contributed by atoms with E-state index in [1.54, 1.807) is 0 Å². The lowest BCUT2D eigenvalue weighted by atomic mass is 9.91. The van der Waals surface area contributed by atoms with E-state index in [0.717, 1.165) is 24.5 Å². The van der Waals surface area contributed by atoms with Crippen LogP contribution in [0.15, 0.2) is 21.3 Å². The first kappa shape index (κ1) is 17.1. The highest BCUT2D eigenvalue weighted by Gasteiger charge is 2.48. The SMILES string of the molecule is O=c1oc2cc(OS(=O)(=O)C(F)(F)F)c(Cl)cc2c2c1CCCC2. The lowest BCUT2D eigenvalue weighted by Crippen LogP contribution is -2.28. The topological polar surface area (TPSA) is 73.6 Å². The third-order valence-corrected chi connectivity index (χ3v) is 5.02. The molecule has 0 N–H and O–H groups in total. The van der Waals surface area contributed by atoms with Crippen LogP contribution >= 0.6 is 11.6 Å². The molecule has 0 fully saturated rings. The van der Waals surface area contributed by atoms with Crippen LogP contribution in [0.4, 0.5) is 13.2 Å². The molecule has 1 aromatic carbocycles. The van der Waals surface area contributed by atoms with Crippen molar-refractivity contribution >= 4 is 32.7 Å². The van der Waals surface area contributed by atoms with Gasteiger partial charge in [0, 0.05) is 17.0 Å². The monoisotopic (exact) mass is 382 g/mol. The molecular formula is C14H10ClF3O5S. The van der Waals surface area contributed by atoms with E-state index >= 15 is 0 Å². The summed E-state index contributed by atoms with van der Waals surface area (Å²) in [4.78, 5) is 12.0. The summed E-state index contributed by atoms with van der Waals surface area (Å²) in [6.07, 6.45) is 2.84. The highest BCUT2D eigenvalue weighted by molar-refractivity contribution is 7.88. The fourth-order valence-corrected chi connectivity index (χ4v) is 3.39. The number of alkyl halides is 3. The Morgan fingerprint density at radius 1 is 1.12 bits per heavy atom. The third kappa shape index (κ3) is 2.86. The summed E-state index contributed by atoms with van der Waals surface area (Å²) < 4.78 is 68.6. The Morgan fingerprint density at radius 3 is 2.38 bits per heavy atom. The van der Waals surface area contributed by atoms with Gasteiger partial charge in [0.1, 0.15) is 5.58 Å². The number of rotatable bonds is 2. The molecule has 0 saturated carbocycles. The predicted molar refractivity (Wildman–Crippen MR) is 79.7 cm³/mol. The normalized spacial score (nSPS) is 15.3. The maximum atomic E-state index is 12.4. The van der Waals surface area contributed by atoms with Gasteiger partial charge in [-0.2, -0.15) is 21.6 Å². The van der Waals surface area contributed by atoms with Gasteiger partial charge in [-0.25, -0.2) is 4.79 Å². The quantitative estimate of drug-likeness (QED) is 0.451. The molecule has 0 bridgehead atoms. The second-order valence-corrected chi connectivity index (χ2v) is 7.26. The van der Waals surface area contributed by atoms with Crippen LogP contribution in [0.25, 0.3) is 11.0 Å². The molecule has 5 nitrogen and oxygen atoms in total. The zero-order valence-corrected chi connectivity index (χ0v) is 13.5. The highest BCUT2D eigenvalue weighted by atomic mass is 35.5. The van der Waals surface area contributed by atoms with E-state index in [0.29, 0.717) is 23.8 Å². The molecule has 0 spiro atoms. The maximum Gasteiger partial charge on any atom is 0.534 e. The molecule has 2 aromatic rings. The van der Waals surface area contributed by atoms with Gasteiger partial charge in [0.05, 0.1) is 5.02 Å². The van der Waals surface area contributed by atoms with Crippen molar-refractivity contribution in [1.29, 1.82) is 0 Å². The summed E-state index contributed by atoms with van der Waals surface area (Å²) in [6, 6.07) is 2.14. The lowest BCUT2D eigenvalue weighted by Gasteiger charge is -2.17. The minimum Gasteiger partial charge on any atom is -0.422 e. The van der Waals surface area contributed by atoms with E-state index < -0.39 is 27.0 Å². The fourth-order valence-electron chi connectivity index (χ4n) is 2.67. The molecule has 3 rings (SSSR count). The van der Waals surface area contributed by atoms with Gasteiger partial charge in [-0.05, 0) is 37.3 Å². The Balaban J connectivity index is 2.17. The summed E-state index contributed by atoms with van der Waals surface area (Å²) in [7, 11) is -5.87. The van der Waals surface area contributed by atoms with Crippen molar-refractivity contribution in [2.75, 3.05) is 0 Å². The van der Waals surface area contributed by atoms with Crippen LogP contribution in [0.2, 0.25) is 5.02 Å². The second kappa shape index (κ2) is 5.66. The molecule has 0 atom stereocenters.